The van der Waals surface area contributed by atoms with E-state index in [2.05, 4.69) is 10.3 Å². The summed E-state index contributed by atoms with van der Waals surface area (Å²) in [7, 11) is 0. The Bertz CT molecular complexity index is 761. The average molecular weight is 303 g/mol. The molecule has 116 valence electrons. The highest BCUT2D eigenvalue weighted by atomic mass is 19.1. The van der Waals surface area contributed by atoms with Crippen molar-refractivity contribution in [3.63, 3.8) is 0 Å². The number of hydrogen-bond acceptors (Lipinski definition) is 3. The van der Waals surface area contributed by atoms with Gasteiger partial charge in [-0.2, -0.15) is 0 Å². The Morgan fingerprint density at radius 2 is 2.14 bits per heavy atom. The van der Waals surface area contributed by atoms with Crippen molar-refractivity contribution in [2.24, 2.45) is 5.92 Å². The Labute approximate surface area is 126 Å². The summed E-state index contributed by atoms with van der Waals surface area (Å²) in [5, 5.41) is 3.03. The van der Waals surface area contributed by atoms with Crippen LogP contribution in [0.25, 0.3) is 0 Å². The van der Waals surface area contributed by atoms with Crippen LogP contribution in [-0.2, 0) is 6.54 Å². The van der Waals surface area contributed by atoms with Crippen LogP contribution in [0.2, 0.25) is 0 Å². The van der Waals surface area contributed by atoms with Gasteiger partial charge in [-0.15, -0.1) is 0 Å². The number of rotatable bonds is 5. The lowest BCUT2D eigenvalue weighted by Crippen LogP contribution is -2.35. The molecule has 2 aromatic rings. The van der Waals surface area contributed by atoms with E-state index >= 15 is 0 Å². The zero-order valence-electron chi connectivity index (χ0n) is 12.3. The van der Waals surface area contributed by atoms with Gasteiger partial charge in [-0.1, -0.05) is 12.1 Å². The van der Waals surface area contributed by atoms with Crippen LogP contribution in [0.5, 0.6) is 0 Å². The molecule has 3 rings (SSSR count). The van der Waals surface area contributed by atoms with E-state index in [0.29, 0.717) is 18.3 Å². The van der Waals surface area contributed by atoms with Gasteiger partial charge in [0.1, 0.15) is 11.6 Å². The minimum Gasteiger partial charge on any atom is -0.365 e. The highest BCUT2D eigenvalue weighted by Gasteiger charge is 2.23. The number of aromatic nitrogens is 2. The van der Waals surface area contributed by atoms with Crippen LogP contribution in [0, 0.1) is 11.7 Å². The molecule has 1 saturated carbocycles. The van der Waals surface area contributed by atoms with E-state index in [9.17, 15) is 14.0 Å². The van der Waals surface area contributed by atoms with Crippen LogP contribution >= 0.6 is 0 Å². The molecule has 0 amide bonds. The van der Waals surface area contributed by atoms with Gasteiger partial charge in [-0.25, -0.2) is 9.18 Å². The van der Waals surface area contributed by atoms with Gasteiger partial charge >= 0.3 is 5.69 Å². The lowest BCUT2D eigenvalue weighted by molar-refractivity contribution is 0.575. The van der Waals surface area contributed by atoms with Crippen LogP contribution in [0.3, 0.4) is 0 Å². The maximum absolute atomic E-state index is 13.2. The van der Waals surface area contributed by atoms with Crippen molar-refractivity contribution < 1.29 is 4.39 Å². The summed E-state index contributed by atoms with van der Waals surface area (Å²) in [6, 6.07) is 7.35. The van der Waals surface area contributed by atoms with Gasteiger partial charge in [0.15, 0.2) is 0 Å². The third kappa shape index (κ3) is 3.27. The van der Waals surface area contributed by atoms with E-state index in [4.69, 9.17) is 0 Å². The van der Waals surface area contributed by atoms with Gasteiger partial charge in [0.05, 0.1) is 0 Å². The molecule has 1 fully saturated rings. The van der Waals surface area contributed by atoms with E-state index in [1.54, 1.807) is 12.1 Å². The summed E-state index contributed by atoms with van der Waals surface area (Å²) in [6.45, 7) is 2.32. The number of anilines is 1. The van der Waals surface area contributed by atoms with Gasteiger partial charge in [-0.05, 0) is 43.4 Å². The Kier molecular flexibility index (Phi) is 3.83. The summed E-state index contributed by atoms with van der Waals surface area (Å²) in [5.41, 5.74) is 0.0148. The molecular weight excluding hydrogens is 285 g/mol. The Balaban J connectivity index is 1.80. The van der Waals surface area contributed by atoms with E-state index in [1.165, 1.54) is 22.8 Å². The van der Waals surface area contributed by atoms with E-state index in [0.717, 1.165) is 18.4 Å². The molecule has 0 saturated heterocycles. The van der Waals surface area contributed by atoms with Crippen molar-refractivity contribution in [3.05, 3.63) is 62.6 Å². The molecular formula is C16H18FN3O2. The third-order valence-electron chi connectivity index (χ3n) is 3.88. The van der Waals surface area contributed by atoms with Crippen LogP contribution in [-0.4, -0.2) is 9.55 Å². The van der Waals surface area contributed by atoms with Crippen molar-refractivity contribution in [3.8, 4) is 0 Å². The minimum atomic E-state index is -0.409. The quantitative estimate of drug-likeness (QED) is 0.890. The van der Waals surface area contributed by atoms with Crippen LogP contribution < -0.4 is 16.6 Å². The van der Waals surface area contributed by atoms with Crippen molar-refractivity contribution in [2.75, 3.05) is 5.32 Å². The van der Waals surface area contributed by atoms with Crippen molar-refractivity contribution in [2.45, 2.75) is 32.4 Å². The number of nitrogens with one attached hydrogen (secondary N) is 2. The first-order chi connectivity index (χ1) is 10.5. The van der Waals surface area contributed by atoms with E-state index in [1.807, 2.05) is 6.92 Å². The molecule has 0 aliphatic heterocycles. The molecule has 1 aliphatic rings. The summed E-state index contributed by atoms with van der Waals surface area (Å²) in [5.74, 6) is 0.474. The first kappa shape index (κ1) is 14.6. The SMILES string of the molecule is C[C@H](Nc1cc(=O)n(CC2CC2)c(=O)[nH]1)c1cccc(F)c1. The third-order valence-corrected chi connectivity index (χ3v) is 3.88. The molecule has 0 radical (unpaired) electrons. The molecule has 1 aliphatic carbocycles. The largest absolute Gasteiger partial charge is 0.365 e. The van der Waals surface area contributed by atoms with Crippen LogP contribution in [0.1, 0.15) is 31.4 Å². The maximum atomic E-state index is 13.2. The second-order valence-corrected chi connectivity index (χ2v) is 5.80. The number of hydrogen-bond donors (Lipinski definition) is 2. The van der Waals surface area contributed by atoms with Crippen LogP contribution in [0.4, 0.5) is 10.2 Å². The van der Waals surface area contributed by atoms with Crippen LogP contribution in [0.15, 0.2) is 39.9 Å². The van der Waals surface area contributed by atoms with E-state index in [-0.39, 0.29) is 17.4 Å². The topological polar surface area (TPSA) is 66.9 Å². The standard InChI is InChI=1S/C16H18FN3O2/c1-10(12-3-2-4-13(17)7-12)18-14-8-15(21)20(16(22)19-14)9-11-5-6-11/h2-4,7-8,10-11,18H,5-6,9H2,1H3,(H,19,22)/t10-/m0/s1. The molecule has 1 aromatic carbocycles. The van der Waals surface area contributed by atoms with Crippen molar-refractivity contribution in [1.82, 2.24) is 9.55 Å². The summed E-state index contributed by atoms with van der Waals surface area (Å²) in [6.07, 6.45) is 2.14. The number of aromatic amines is 1. The lowest BCUT2D eigenvalue weighted by Gasteiger charge is -2.15. The van der Waals surface area contributed by atoms with Gasteiger partial charge in [0, 0.05) is 18.7 Å². The number of benzene rings is 1. The molecule has 0 unspecified atom stereocenters. The number of halogens is 1. The summed E-state index contributed by atoms with van der Waals surface area (Å²) < 4.78 is 14.5. The number of H-pyrrole nitrogens is 1. The second kappa shape index (κ2) is 5.79. The maximum Gasteiger partial charge on any atom is 0.329 e. The Morgan fingerprint density at radius 3 is 2.77 bits per heavy atom. The van der Waals surface area contributed by atoms with Crippen molar-refractivity contribution >= 4 is 5.82 Å². The van der Waals surface area contributed by atoms with Gasteiger partial charge in [-0.3, -0.25) is 14.3 Å². The fourth-order valence-corrected chi connectivity index (χ4v) is 2.42. The predicted octanol–water partition coefficient (Wildman–Crippen LogP) is 2.26. The highest BCUT2D eigenvalue weighted by Crippen LogP contribution is 2.29. The molecule has 6 heteroatoms. The molecule has 1 atom stereocenters. The van der Waals surface area contributed by atoms with E-state index < -0.39 is 5.69 Å². The molecule has 1 aromatic heterocycles. The molecule has 22 heavy (non-hydrogen) atoms. The minimum absolute atomic E-state index is 0.231. The first-order valence-corrected chi connectivity index (χ1v) is 7.39. The average Bonchev–Trinajstić information content (AvgIpc) is 3.27. The molecule has 5 nitrogen and oxygen atoms in total. The van der Waals surface area contributed by atoms with Gasteiger partial charge in [0.2, 0.25) is 0 Å². The predicted molar refractivity (Wildman–Crippen MR) is 82.5 cm³/mol. The summed E-state index contributed by atoms with van der Waals surface area (Å²) >= 11 is 0. The van der Waals surface area contributed by atoms with Gasteiger partial charge < -0.3 is 5.32 Å². The molecule has 0 spiro atoms. The monoisotopic (exact) mass is 303 g/mol. The number of nitrogens with zero attached hydrogens (tertiary/aromatic N) is 1. The summed E-state index contributed by atoms with van der Waals surface area (Å²) in [4.78, 5) is 26.7. The highest BCUT2D eigenvalue weighted by molar-refractivity contribution is 5.36. The second-order valence-electron chi connectivity index (χ2n) is 5.80. The Hall–Kier alpha value is -2.37. The molecule has 1 heterocycles. The molecule has 2 N–H and O–H groups in total. The fraction of sp³-hybridized carbons (Fsp3) is 0.375. The first-order valence-electron chi connectivity index (χ1n) is 7.39. The van der Waals surface area contributed by atoms with Crippen molar-refractivity contribution in [1.29, 1.82) is 0 Å². The smallest absolute Gasteiger partial charge is 0.329 e. The van der Waals surface area contributed by atoms with Gasteiger partial charge in [0.25, 0.3) is 5.56 Å². The molecule has 0 bridgehead atoms. The fourth-order valence-electron chi connectivity index (χ4n) is 2.42. The zero-order chi connectivity index (χ0) is 15.7. The zero-order valence-corrected chi connectivity index (χ0v) is 12.3. The normalized spacial score (nSPS) is 15.5. The lowest BCUT2D eigenvalue weighted by atomic mass is 10.1. The Morgan fingerprint density at radius 1 is 1.36 bits per heavy atom.